The maximum Gasteiger partial charge on any atom is 0.260 e. The lowest BCUT2D eigenvalue weighted by molar-refractivity contribution is 0.0990. The second kappa shape index (κ2) is 7.07. The number of thiazole rings is 1. The van der Waals surface area contributed by atoms with Crippen LogP contribution in [0.15, 0.2) is 53.1 Å². The van der Waals surface area contributed by atoms with Crippen LogP contribution < -0.4 is 4.90 Å². The Kier molecular flexibility index (Phi) is 4.36. The molecule has 0 saturated heterocycles. The van der Waals surface area contributed by atoms with E-state index in [0.29, 0.717) is 34.3 Å². The Morgan fingerprint density at radius 2 is 2.03 bits per heavy atom. The average molecular weight is 417 g/mol. The molecule has 0 bridgehead atoms. The second-order valence-electron chi connectivity index (χ2n) is 6.95. The number of benzene rings is 1. The maximum atomic E-state index is 13.7. The standard InChI is InChI=1S/C22H19N5O2S/c1-4-27(22-24-15-8-5-6-10-18(15)30-22)21(28)14-12-16(17-9-7-11-29-17)23-20-19(14)13(2)25-26(20)3/h5-12H,4H2,1-3H3. The lowest BCUT2D eigenvalue weighted by Gasteiger charge is -2.18. The van der Waals surface area contributed by atoms with Crippen molar-refractivity contribution in [2.45, 2.75) is 13.8 Å². The van der Waals surface area contributed by atoms with Gasteiger partial charge in [0.1, 0.15) is 5.69 Å². The van der Waals surface area contributed by atoms with Gasteiger partial charge >= 0.3 is 0 Å². The first-order valence-corrected chi connectivity index (χ1v) is 10.4. The lowest BCUT2D eigenvalue weighted by Crippen LogP contribution is -2.30. The van der Waals surface area contributed by atoms with E-state index in [-0.39, 0.29) is 5.91 Å². The second-order valence-corrected chi connectivity index (χ2v) is 7.96. The molecule has 1 aromatic carbocycles. The van der Waals surface area contributed by atoms with Crippen molar-refractivity contribution >= 4 is 43.6 Å². The summed E-state index contributed by atoms with van der Waals surface area (Å²) in [5, 5.41) is 5.91. The fourth-order valence-electron chi connectivity index (χ4n) is 3.65. The zero-order chi connectivity index (χ0) is 20.8. The Morgan fingerprint density at radius 3 is 2.77 bits per heavy atom. The third-order valence-electron chi connectivity index (χ3n) is 5.05. The molecule has 8 heteroatoms. The van der Waals surface area contributed by atoms with Gasteiger partial charge in [-0.2, -0.15) is 5.10 Å². The molecule has 4 heterocycles. The van der Waals surface area contributed by atoms with Crippen LogP contribution in [0.4, 0.5) is 5.13 Å². The van der Waals surface area contributed by atoms with Gasteiger partial charge in [-0.25, -0.2) is 9.97 Å². The largest absolute Gasteiger partial charge is 0.463 e. The quantitative estimate of drug-likeness (QED) is 0.419. The van der Waals surface area contributed by atoms with E-state index < -0.39 is 0 Å². The summed E-state index contributed by atoms with van der Waals surface area (Å²) in [5.41, 5.74) is 3.43. The first-order valence-electron chi connectivity index (χ1n) is 9.62. The number of pyridine rings is 1. The van der Waals surface area contributed by atoms with Gasteiger partial charge in [-0.15, -0.1) is 0 Å². The van der Waals surface area contributed by atoms with Gasteiger partial charge in [0.05, 0.1) is 33.1 Å². The molecule has 30 heavy (non-hydrogen) atoms. The topological polar surface area (TPSA) is 77.0 Å². The molecule has 0 unspecified atom stereocenters. The van der Waals surface area contributed by atoms with Crippen molar-refractivity contribution in [2.75, 3.05) is 11.4 Å². The minimum atomic E-state index is -0.132. The summed E-state index contributed by atoms with van der Waals surface area (Å²) in [6.45, 7) is 4.34. The molecule has 0 N–H and O–H groups in total. The highest BCUT2D eigenvalue weighted by molar-refractivity contribution is 7.22. The number of carbonyl (C=O) groups excluding carboxylic acids is 1. The van der Waals surface area contributed by atoms with Crippen molar-refractivity contribution < 1.29 is 9.21 Å². The van der Waals surface area contributed by atoms with Crippen LogP contribution >= 0.6 is 11.3 Å². The zero-order valence-electron chi connectivity index (χ0n) is 16.8. The van der Waals surface area contributed by atoms with Gasteiger partial charge in [0.2, 0.25) is 0 Å². The molecule has 4 aromatic heterocycles. The van der Waals surface area contributed by atoms with E-state index >= 15 is 0 Å². The van der Waals surface area contributed by atoms with Crippen LogP contribution in [-0.4, -0.2) is 32.2 Å². The number of aromatic nitrogens is 4. The number of amides is 1. The van der Waals surface area contributed by atoms with E-state index in [0.717, 1.165) is 21.3 Å². The normalized spacial score (nSPS) is 11.4. The minimum Gasteiger partial charge on any atom is -0.463 e. The van der Waals surface area contributed by atoms with Crippen LogP contribution in [0.5, 0.6) is 0 Å². The summed E-state index contributed by atoms with van der Waals surface area (Å²) >= 11 is 1.51. The SMILES string of the molecule is CCN(C(=O)c1cc(-c2ccco2)nc2c1c(C)nn2C)c1nc2ccccc2s1. The predicted molar refractivity (Wildman–Crippen MR) is 118 cm³/mol. The fraction of sp³-hybridized carbons (Fsp3) is 0.182. The van der Waals surface area contributed by atoms with Crippen LogP contribution in [0.3, 0.4) is 0 Å². The first kappa shape index (κ1) is 18.5. The van der Waals surface area contributed by atoms with Gasteiger partial charge in [-0.05, 0) is 44.2 Å². The number of aryl methyl sites for hydroxylation is 2. The Balaban J connectivity index is 1.69. The molecule has 7 nitrogen and oxygen atoms in total. The van der Waals surface area contributed by atoms with E-state index in [2.05, 4.69) is 10.1 Å². The van der Waals surface area contributed by atoms with Crippen LogP contribution in [-0.2, 0) is 7.05 Å². The third kappa shape index (κ3) is 2.88. The molecule has 0 aliphatic heterocycles. The summed E-state index contributed by atoms with van der Waals surface area (Å²) < 4.78 is 8.28. The van der Waals surface area contributed by atoms with Crippen LogP contribution in [0, 0.1) is 6.92 Å². The van der Waals surface area contributed by atoms with Crippen molar-refractivity contribution in [3.05, 3.63) is 60.0 Å². The zero-order valence-corrected chi connectivity index (χ0v) is 17.6. The number of nitrogens with zero attached hydrogens (tertiary/aromatic N) is 5. The summed E-state index contributed by atoms with van der Waals surface area (Å²) in [6, 6.07) is 13.3. The van der Waals surface area contributed by atoms with Crippen molar-refractivity contribution in [1.29, 1.82) is 0 Å². The Hall–Kier alpha value is -3.52. The Labute approximate surface area is 176 Å². The van der Waals surface area contributed by atoms with Gasteiger partial charge in [0.25, 0.3) is 5.91 Å². The van der Waals surface area contributed by atoms with Crippen LogP contribution in [0.2, 0.25) is 0 Å². The number of hydrogen-bond donors (Lipinski definition) is 0. The third-order valence-corrected chi connectivity index (χ3v) is 6.11. The Morgan fingerprint density at radius 1 is 1.20 bits per heavy atom. The molecule has 5 rings (SSSR count). The number of hydrogen-bond acceptors (Lipinski definition) is 6. The number of carbonyl (C=O) groups is 1. The summed E-state index contributed by atoms with van der Waals surface area (Å²) in [4.78, 5) is 24.8. The van der Waals surface area contributed by atoms with Gasteiger partial charge in [-0.1, -0.05) is 23.5 Å². The van der Waals surface area contributed by atoms with E-state index in [1.54, 1.807) is 28.0 Å². The van der Waals surface area contributed by atoms with Gasteiger partial charge in [0, 0.05) is 13.6 Å². The molecule has 150 valence electrons. The van der Waals surface area contributed by atoms with Crippen molar-refractivity contribution in [1.82, 2.24) is 19.7 Å². The maximum absolute atomic E-state index is 13.7. The van der Waals surface area contributed by atoms with E-state index in [4.69, 9.17) is 9.40 Å². The van der Waals surface area contributed by atoms with Gasteiger partial charge < -0.3 is 4.42 Å². The molecule has 0 spiro atoms. The van der Waals surface area contributed by atoms with Crippen LogP contribution in [0.1, 0.15) is 23.0 Å². The molecule has 5 aromatic rings. The van der Waals surface area contributed by atoms with Gasteiger partial charge in [0.15, 0.2) is 16.5 Å². The Bertz CT molecular complexity index is 1350. The molecule has 0 aliphatic carbocycles. The molecule has 0 fully saturated rings. The number of para-hydroxylation sites is 1. The molecular weight excluding hydrogens is 398 g/mol. The van der Waals surface area contributed by atoms with Crippen molar-refractivity contribution in [2.24, 2.45) is 7.05 Å². The van der Waals surface area contributed by atoms with E-state index in [1.165, 1.54) is 11.3 Å². The average Bonchev–Trinajstić information content (AvgIpc) is 3.47. The highest BCUT2D eigenvalue weighted by Crippen LogP contribution is 2.32. The molecule has 0 saturated carbocycles. The van der Waals surface area contributed by atoms with Gasteiger partial charge in [-0.3, -0.25) is 14.4 Å². The first-order chi connectivity index (χ1) is 14.6. The highest BCUT2D eigenvalue weighted by atomic mass is 32.1. The number of fused-ring (bicyclic) bond motifs is 2. The number of furan rings is 1. The molecule has 0 atom stereocenters. The molecule has 0 radical (unpaired) electrons. The van der Waals surface area contributed by atoms with Crippen LogP contribution in [0.25, 0.3) is 32.7 Å². The fourth-order valence-corrected chi connectivity index (χ4v) is 4.68. The highest BCUT2D eigenvalue weighted by Gasteiger charge is 2.25. The molecule has 1 amide bonds. The minimum absolute atomic E-state index is 0.132. The monoisotopic (exact) mass is 417 g/mol. The van der Waals surface area contributed by atoms with Crippen molar-refractivity contribution in [3.8, 4) is 11.5 Å². The number of anilines is 1. The summed E-state index contributed by atoms with van der Waals surface area (Å²) in [7, 11) is 1.83. The number of rotatable bonds is 4. The van der Waals surface area contributed by atoms with Crippen molar-refractivity contribution in [3.63, 3.8) is 0 Å². The summed E-state index contributed by atoms with van der Waals surface area (Å²) in [5.74, 6) is 0.473. The predicted octanol–water partition coefficient (Wildman–Crippen LogP) is 4.81. The van der Waals surface area contributed by atoms with E-state index in [9.17, 15) is 4.79 Å². The smallest absolute Gasteiger partial charge is 0.260 e. The molecular formula is C22H19N5O2S. The summed E-state index contributed by atoms with van der Waals surface area (Å²) in [6.07, 6.45) is 1.59. The molecule has 0 aliphatic rings. The lowest BCUT2D eigenvalue weighted by atomic mass is 10.1. The van der Waals surface area contributed by atoms with E-state index in [1.807, 2.05) is 51.2 Å².